The molecule has 5 aliphatic rings. The van der Waals surface area contributed by atoms with Gasteiger partial charge in [0.05, 0.1) is 34.7 Å². The fourth-order valence-electron chi connectivity index (χ4n) is 5.23. The van der Waals surface area contributed by atoms with Crippen LogP contribution in [0.15, 0.2) is 30.4 Å². The van der Waals surface area contributed by atoms with Crippen molar-refractivity contribution < 1.29 is 19.1 Å². The van der Waals surface area contributed by atoms with Gasteiger partial charge in [-0.05, 0) is 55.2 Å². The van der Waals surface area contributed by atoms with Gasteiger partial charge in [-0.15, -0.1) is 0 Å². The van der Waals surface area contributed by atoms with Gasteiger partial charge in [-0.25, -0.2) is 9.69 Å². The number of benzene rings is 1. The zero-order valence-electron chi connectivity index (χ0n) is 14.2. The molecule has 0 spiro atoms. The van der Waals surface area contributed by atoms with Crippen molar-refractivity contribution in [2.45, 2.75) is 13.3 Å². The first-order chi connectivity index (χ1) is 12.5. The Bertz CT molecular complexity index is 843. The van der Waals surface area contributed by atoms with Crippen molar-refractivity contribution in [1.29, 1.82) is 0 Å². The van der Waals surface area contributed by atoms with E-state index < -0.39 is 5.97 Å². The van der Waals surface area contributed by atoms with Crippen LogP contribution in [0.3, 0.4) is 0 Å². The van der Waals surface area contributed by atoms with Crippen LogP contribution in [0.2, 0.25) is 5.02 Å². The number of allylic oxidation sites excluding steroid dienone is 2. The predicted octanol–water partition coefficient (Wildman–Crippen LogP) is 3.07. The third kappa shape index (κ3) is 2.01. The summed E-state index contributed by atoms with van der Waals surface area (Å²) in [6, 6.07) is 4.65. The maximum Gasteiger partial charge on any atom is 0.339 e. The topological polar surface area (TPSA) is 63.7 Å². The molecular weight excluding hydrogens is 354 g/mol. The Morgan fingerprint density at radius 2 is 1.77 bits per heavy atom. The lowest BCUT2D eigenvalue weighted by Gasteiger charge is -2.37. The Morgan fingerprint density at radius 3 is 2.35 bits per heavy atom. The van der Waals surface area contributed by atoms with Crippen molar-refractivity contribution in [2.24, 2.45) is 35.5 Å². The van der Waals surface area contributed by atoms with Crippen molar-refractivity contribution in [3.8, 4) is 0 Å². The number of esters is 1. The van der Waals surface area contributed by atoms with Gasteiger partial charge >= 0.3 is 5.97 Å². The van der Waals surface area contributed by atoms with Gasteiger partial charge in [-0.1, -0.05) is 23.8 Å². The third-order valence-electron chi connectivity index (χ3n) is 6.37. The summed E-state index contributed by atoms with van der Waals surface area (Å²) in [7, 11) is 0. The maximum atomic E-state index is 13.1. The number of rotatable bonds is 3. The van der Waals surface area contributed by atoms with Crippen LogP contribution in [0.4, 0.5) is 5.69 Å². The van der Waals surface area contributed by atoms with E-state index in [-0.39, 0.29) is 52.7 Å². The van der Waals surface area contributed by atoms with E-state index in [9.17, 15) is 14.4 Å². The zero-order valence-corrected chi connectivity index (χ0v) is 15.0. The number of anilines is 1. The predicted molar refractivity (Wildman–Crippen MR) is 94.6 cm³/mol. The largest absolute Gasteiger partial charge is 0.462 e. The molecule has 3 fully saturated rings. The Hall–Kier alpha value is -2.14. The second kappa shape index (κ2) is 5.43. The molecule has 0 radical (unpaired) electrons. The van der Waals surface area contributed by atoms with Crippen LogP contribution < -0.4 is 4.90 Å². The van der Waals surface area contributed by atoms with E-state index in [4.69, 9.17) is 16.3 Å². The van der Waals surface area contributed by atoms with E-state index in [2.05, 4.69) is 12.2 Å². The number of nitrogens with zero attached hydrogens (tertiary/aromatic N) is 1. The first kappa shape index (κ1) is 16.1. The Morgan fingerprint density at radius 1 is 1.15 bits per heavy atom. The summed E-state index contributed by atoms with van der Waals surface area (Å²) in [4.78, 5) is 39.6. The molecular formula is C20H18ClNO4. The highest BCUT2D eigenvalue weighted by atomic mass is 35.5. The minimum atomic E-state index is -0.557. The highest BCUT2D eigenvalue weighted by molar-refractivity contribution is 6.34. The number of ether oxygens (including phenoxy) is 1. The van der Waals surface area contributed by atoms with Crippen LogP contribution >= 0.6 is 11.6 Å². The van der Waals surface area contributed by atoms with E-state index in [1.807, 2.05) is 0 Å². The first-order valence-corrected chi connectivity index (χ1v) is 9.43. The lowest BCUT2D eigenvalue weighted by molar-refractivity contribution is -0.124. The maximum absolute atomic E-state index is 13.1. The van der Waals surface area contributed by atoms with Gasteiger partial charge in [0.1, 0.15) is 0 Å². The fraction of sp³-hybridized carbons (Fsp3) is 0.450. The van der Waals surface area contributed by atoms with E-state index in [0.717, 1.165) is 6.42 Å². The number of hydrogen-bond donors (Lipinski definition) is 0. The summed E-state index contributed by atoms with van der Waals surface area (Å²) >= 11 is 6.11. The molecule has 0 aromatic heterocycles. The first-order valence-electron chi connectivity index (χ1n) is 9.05. The van der Waals surface area contributed by atoms with Gasteiger partial charge in [-0.3, -0.25) is 9.59 Å². The molecule has 1 aromatic carbocycles. The standard InChI is InChI=1S/C20H18ClNO4/c1-2-26-20(25)14-7-9(3-6-15(14)21)22-18(23)16-10-4-5-11(13-8-12(10)13)17(16)19(22)24/h3-7,10-13,16-17H,2,8H2,1H3/t10-,11+,12+,13-,16+,17-. The van der Waals surface area contributed by atoms with Crippen molar-refractivity contribution >= 4 is 35.1 Å². The summed E-state index contributed by atoms with van der Waals surface area (Å²) in [6.07, 6.45) is 5.41. The number of carbonyl (C=O) groups is 3. The third-order valence-corrected chi connectivity index (χ3v) is 6.70. The minimum Gasteiger partial charge on any atom is -0.462 e. The van der Waals surface area contributed by atoms with Gasteiger partial charge < -0.3 is 4.74 Å². The number of hydrogen-bond acceptors (Lipinski definition) is 4. The van der Waals surface area contributed by atoms with Crippen LogP contribution in [0.25, 0.3) is 0 Å². The van der Waals surface area contributed by atoms with Crippen LogP contribution in [0.5, 0.6) is 0 Å². The molecule has 134 valence electrons. The molecule has 26 heavy (non-hydrogen) atoms. The smallest absolute Gasteiger partial charge is 0.339 e. The Labute approximate surface area is 155 Å². The molecule has 2 bridgehead atoms. The number of amides is 2. The Balaban J connectivity index is 1.52. The average Bonchev–Trinajstić information content (AvgIpc) is 3.40. The van der Waals surface area contributed by atoms with E-state index in [0.29, 0.717) is 17.5 Å². The average molecular weight is 372 g/mol. The second-order valence-corrected chi connectivity index (χ2v) is 7.96. The molecule has 1 saturated heterocycles. The summed E-state index contributed by atoms with van der Waals surface area (Å²) in [5.41, 5.74) is 0.570. The molecule has 2 saturated carbocycles. The molecule has 5 nitrogen and oxygen atoms in total. The van der Waals surface area contributed by atoms with Crippen molar-refractivity contribution in [2.75, 3.05) is 11.5 Å². The zero-order chi connectivity index (χ0) is 18.2. The molecule has 6 heteroatoms. The van der Waals surface area contributed by atoms with Crippen LogP contribution in [-0.2, 0) is 14.3 Å². The summed E-state index contributed by atoms with van der Waals surface area (Å²) in [5.74, 6) is 0.0847. The number of halogens is 1. The molecule has 1 aromatic rings. The van der Waals surface area contributed by atoms with Gasteiger partial charge in [-0.2, -0.15) is 0 Å². The SMILES string of the molecule is CCOC(=O)c1cc(N2C(=O)[C@@H]3[C@H]4C=C[C@H]([C@@H]5C[C@H]45)[C@@H]3C2=O)ccc1Cl. The fourth-order valence-corrected chi connectivity index (χ4v) is 5.42. The van der Waals surface area contributed by atoms with E-state index in [1.54, 1.807) is 13.0 Å². The normalized spacial score (nSPS) is 36.2. The number of carbonyl (C=O) groups excluding carboxylic acids is 3. The quantitative estimate of drug-likeness (QED) is 0.465. The molecule has 1 aliphatic heterocycles. The van der Waals surface area contributed by atoms with Crippen LogP contribution in [0.1, 0.15) is 23.7 Å². The molecule has 1 heterocycles. The lowest BCUT2D eigenvalue weighted by atomic mass is 9.63. The van der Waals surface area contributed by atoms with Crippen molar-refractivity contribution in [1.82, 2.24) is 0 Å². The second-order valence-electron chi connectivity index (χ2n) is 7.55. The molecule has 0 unspecified atom stereocenters. The molecule has 2 amide bonds. The highest BCUT2D eigenvalue weighted by Crippen LogP contribution is 2.65. The van der Waals surface area contributed by atoms with E-state index in [1.165, 1.54) is 17.0 Å². The summed E-state index contributed by atoms with van der Waals surface area (Å²) < 4.78 is 5.02. The minimum absolute atomic E-state index is 0.151. The highest BCUT2D eigenvalue weighted by Gasteiger charge is 2.67. The number of imide groups is 1. The van der Waals surface area contributed by atoms with Gasteiger partial charge in [0.2, 0.25) is 11.8 Å². The van der Waals surface area contributed by atoms with Crippen LogP contribution in [0, 0.1) is 35.5 Å². The molecule has 4 aliphatic carbocycles. The molecule has 0 N–H and O–H groups in total. The monoisotopic (exact) mass is 371 g/mol. The van der Waals surface area contributed by atoms with Gasteiger partial charge in [0.15, 0.2) is 0 Å². The summed E-state index contributed by atoms with van der Waals surface area (Å²) in [5, 5.41) is 0.242. The van der Waals surface area contributed by atoms with Gasteiger partial charge in [0.25, 0.3) is 0 Å². The van der Waals surface area contributed by atoms with Crippen molar-refractivity contribution in [3.63, 3.8) is 0 Å². The molecule has 6 atom stereocenters. The Kier molecular flexibility index (Phi) is 3.35. The lowest BCUT2D eigenvalue weighted by Crippen LogP contribution is -2.40. The van der Waals surface area contributed by atoms with Crippen molar-refractivity contribution in [3.05, 3.63) is 40.9 Å². The van der Waals surface area contributed by atoms with E-state index >= 15 is 0 Å². The van der Waals surface area contributed by atoms with Gasteiger partial charge in [0, 0.05) is 0 Å². The summed E-state index contributed by atoms with van der Waals surface area (Å²) in [6.45, 7) is 1.94. The molecule has 6 rings (SSSR count). The van der Waals surface area contributed by atoms with Crippen LogP contribution in [-0.4, -0.2) is 24.4 Å².